The SMILES string of the molecule is O=C(NCc1cncs1)NC1CCC(C(=O)O)C1. The number of carboxylic acid groups (broad SMARTS) is 1. The molecule has 0 spiro atoms. The minimum atomic E-state index is -0.774. The van der Waals surface area contributed by atoms with Gasteiger partial charge in [0.05, 0.1) is 18.0 Å². The second-order valence-electron chi connectivity index (χ2n) is 4.34. The van der Waals surface area contributed by atoms with Gasteiger partial charge in [-0.05, 0) is 19.3 Å². The van der Waals surface area contributed by atoms with Crippen LogP contribution in [0.1, 0.15) is 24.1 Å². The first-order valence-electron chi connectivity index (χ1n) is 5.79. The van der Waals surface area contributed by atoms with Crippen LogP contribution in [0, 0.1) is 5.92 Å². The van der Waals surface area contributed by atoms with Gasteiger partial charge in [-0.15, -0.1) is 11.3 Å². The molecule has 98 valence electrons. The lowest BCUT2D eigenvalue weighted by atomic mass is 10.1. The van der Waals surface area contributed by atoms with Crippen molar-refractivity contribution in [3.05, 3.63) is 16.6 Å². The van der Waals surface area contributed by atoms with Crippen molar-refractivity contribution in [3.8, 4) is 0 Å². The van der Waals surface area contributed by atoms with Gasteiger partial charge < -0.3 is 15.7 Å². The fourth-order valence-corrected chi connectivity index (χ4v) is 2.60. The van der Waals surface area contributed by atoms with Crippen LogP contribution in [0.25, 0.3) is 0 Å². The van der Waals surface area contributed by atoms with Gasteiger partial charge in [0, 0.05) is 17.1 Å². The Bertz CT molecular complexity index is 421. The van der Waals surface area contributed by atoms with Crippen LogP contribution in [0.3, 0.4) is 0 Å². The van der Waals surface area contributed by atoms with Crippen LogP contribution < -0.4 is 10.6 Å². The molecule has 1 aromatic heterocycles. The number of hydrogen-bond donors (Lipinski definition) is 3. The number of carbonyl (C=O) groups is 2. The summed E-state index contributed by atoms with van der Waals surface area (Å²) in [5.41, 5.74) is 1.71. The molecule has 0 aromatic carbocycles. The maximum absolute atomic E-state index is 11.6. The number of aromatic nitrogens is 1. The predicted octanol–water partition coefficient (Wildman–Crippen LogP) is 1.20. The summed E-state index contributed by atoms with van der Waals surface area (Å²) in [4.78, 5) is 27.3. The molecule has 0 saturated heterocycles. The summed E-state index contributed by atoms with van der Waals surface area (Å²) in [6.45, 7) is 0.450. The van der Waals surface area contributed by atoms with E-state index in [4.69, 9.17) is 5.11 Å². The van der Waals surface area contributed by atoms with Gasteiger partial charge in [0.2, 0.25) is 0 Å². The fourth-order valence-electron chi connectivity index (χ4n) is 2.07. The molecule has 1 fully saturated rings. The molecule has 2 atom stereocenters. The minimum Gasteiger partial charge on any atom is -0.481 e. The maximum Gasteiger partial charge on any atom is 0.315 e. The molecule has 2 amide bonds. The second-order valence-corrected chi connectivity index (χ2v) is 5.31. The molecule has 0 radical (unpaired) electrons. The zero-order valence-electron chi connectivity index (χ0n) is 9.76. The highest BCUT2D eigenvalue weighted by Crippen LogP contribution is 2.25. The number of nitrogens with one attached hydrogen (secondary N) is 2. The molecule has 1 aliphatic rings. The van der Waals surface area contributed by atoms with Crippen molar-refractivity contribution < 1.29 is 14.7 Å². The first-order chi connectivity index (χ1) is 8.65. The lowest BCUT2D eigenvalue weighted by Crippen LogP contribution is -2.40. The van der Waals surface area contributed by atoms with Crippen molar-refractivity contribution >= 4 is 23.3 Å². The van der Waals surface area contributed by atoms with E-state index in [2.05, 4.69) is 15.6 Å². The van der Waals surface area contributed by atoms with Gasteiger partial charge in [0.1, 0.15) is 0 Å². The highest BCUT2D eigenvalue weighted by Gasteiger charge is 2.30. The summed E-state index contributed by atoms with van der Waals surface area (Å²) in [6.07, 6.45) is 3.59. The van der Waals surface area contributed by atoms with E-state index < -0.39 is 5.97 Å². The minimum absolute atomic E-state index is 0.0347. The number of rotatable bonds is 4. The number of carboxylic acids is 1. The molecule has 2 unspecified atom stereocenters. The second kappa shape index (κ2) is 5.81. The topological polar surface area (TPSA) is 91.3 Å². The monoisotopic (exact) mass is 269 g/mol. The third-order valence-electron chi connectivity index (χ3n) is 3.02. The van der Waals surface area contributed by atoms with E-state index in [0.29, 0.717) is 19.4 Å². The Balaban J connectivity index is 1.70. The predicted molar refractivity (Wildman–Crippen MR) is 66.3 cm³/mol. The molecule has 1 saturated carbocycles. The molecular weight excluding hydrogens is 254 g/mol. The molecule has 0 aliphatic heterocycles. The summed E-state index contributed by atoms with van der Waals surface area (Å²) in [6, 6.07) is -0.285. The molecule has 6 nitrogen and oxygen atoms in total. The Hall–Kier alpha value is -1.63. The maximum atomic E-state index is 11.6. The molecule has 1 aromatic rings. The quantitative estimate of drug-likeness (QED) is 0.765. The van der Waals surface area contributed by atoms with E-state index in [1.807, 2.05) is 0 Å². The van der Waals surface area contributed by atoms with Gasteiger partial charge in [-0.1, -0.05) is 0 Å². The van der Waals surface area contributed by atoms with Crippen LogP contribution in [-0.4, -0.2) is 28.1 Å². The number of urea groups is 1. The molecule has 2 rings (SSSR count). The van der Waals surface area contributed by atoms with Gasteiger partial charge in [-0.2, -0.15) is 0 Å². The van der Waals surface area contributed by atoms with Crippen molar-refractivity contribution in [1.29, 1.82) is 0 Å². The van der Waals surface area contributed by atoms with Gasteiger partial charge in [0.25, 0.3) is 0 Å². The van der Waals surface area contributed by atoms with E-state index in [1.165, 1.54) is 11.3 Å². The number of thiazole rings is 1. The summed E-state index contributed by atoms with van der Waals surface area (Å²) in [5.74, 6) is -1.10. The van der Waals surface area contributed by atoms with Gasteiger partial charge >= 0.3 is 12.0 Å². The largest absolute Gasteiger partial charge is 0.481 e. The smallest absolute Gasteiger partial charge is 0.315 e. The summed E-state index contributed by atoms with van der Waals surface area (Å²) in [7, 11) is 0. The van der Waals surface area contributed by atoms with Crippen molar-refractivity contribution in [2.75, 3.05) is 0 Å². The van der Waals surface area contributed by atoms with Gasteiger partial charge in [-0.25, -0.2) is 4.79 Å². The van der Waals surface area contributed by atoms with E-state index in [0.717, 1.165) is 11.3 Å². The molecule has 1 aliphatic carbocycles. The van der Waals surface area contributed by atoms with Crippen molar-refractivity contribution in [1.82, 2.24) is 15.6 Å². The standard InChI is InChI=1S/C11H15N3O3S/c15-10(16)7-1-2-8(3-7)14-11(17)13-5-9-4-12-6-18-9/h4,6-8H,1-3,5H2,(H,15,16)(H2,13,14,17). The molecule has 0 bridgehead atoms. The Morgan fingerprint density at radius 2 is 2.33 bits per heavy atom. The zero-order valence-corrected chi connectivity index (χ0v) is 10.6. The third-order valence-corrected chi connectivity index (χ3v) is 3.80. The zero-order chi connectivity index (χ0) is 13.0. The van der Waals surface area contributed by atoms with E-state index in [-0.39, 0.29) is 18.0 Å². The van der Waals surface area contributed by atoms with Crippen LogP contribution in [0.5, 0.6) is 0 Å². The number of hydrogen-bond acceptors (Lipinski definition) is 4. The normalized spacial score (nSPS) is 22.7. The average molecular weight is 269 g/mol. The van der Waals surface area contributed by atoms with Gasteiger partial charge in [-0.3, -0.25) is 9.78 Å². The van der Waals surface area contributed by atoms with Crippen molar-refractivity contribution in [2.24, 2.45) is 5.92 Å². The summed E-state index contributed by atoms with van der Waals surface area (Å²) >= 11 is 1.48. The number of amides is 2. The first kappa shape index (κ1) is 12.8. The highest BCUT2D eigenvalue weighted by atomic mass is 32.1. The van der Waals surface area contributed by atoms with Crippen molar-refractivity contribution in [2.45, 2.75) is 31.8 Å². The fraction of sp³-hybridized carbons (Fsp3) is 0.545. The Morgan fingerprint density at radius 1 is 1.50 bits per heavy atom. The van der Waals surface area contributed by atoms with Crippen LogP contribution in [0.4, 0.5) is 4.79 Å². The van der Waals surface area contributed by atoms with Gasteiger partial charge in [0.15, 0.2) is 0 Å². The van der Waals surface area contributed by atoms with E-state index in [9.17, 15) is 9.59 Å². The Kier molecular flexibility index (Phi) is 4.14. The van der Waals surface area contributed by atoms with Crippen LogP contribution in [0.2, 0.25) is 0 Å². The number of nitrogens with zero attached hydrogens (tertiary/aromatic N) is 1. The Morgan fingerprint density at radius 3 is 2.94 bits per heavy atom. The van der Waals surface area contributed by atoms with Crippen molar-refractivity contribution in [3.63, 3.8) is 0 Å². The molecule has 1 heterocycles. The highest BCUT2D eigenvalue weighted by molar-refractivity contribution is 7.09. The summed E-state index contributed by atoms with van der Waals surface area (Å²) in [5, 5.41) is 14.4. The number of aliphatic carboxylic acids is 1. The van der Waals surface area contributed by atoms with Crippen LogP contribution in [0.15, 0.2) is 11.7 Å². The van der Waals surface area contributed by atoms with Crippen LogP contribution in [-0.2, 0) is 11.3 Å². The lowest BCUT2D eigenvalue weighted by Gasteiger charge is -2.12. The lowest BCUT2D eigenvalue weighted by molar-refractivity contribution is -0.141. The number of carbonyl (C=O) groups excluding carboxylic acids is 1. The third kappa shape index (κ3) is 3.43. The average Bonchev–Trinajstić information content (AvgIpc) is 2.96. The van der Waals surface area contributed by atoms with E-state index in [1.54, 1.807) is 11.7 Å². The Labute approximate surface area is 108 Å². The first-order valence-corrected chi connectivity index (χ1v) is 6.67. The molecule has 18 heavy (non-hydrogen) atoms. The molecule has 7 heteroatoms. The molecular formula is C11H15N3O3S. The van der Waals surface area contributed by atoms with E-state index >= 15 is 0 Å². The summed E-state index contributed by atoms with van der Waals surface area (Å²) < 4.78 is 0. The van der Waals surface area contributed by atoms with Crippen LogP contribution >= 0.6 is 11.3 Å². The molecule has 3 N–H and O–H groups in total.